The molecule has 5 rings (SSSR count). The molecular formula is C26H30N6O7S. The van der Waals surface area contributed by atoms with Crippen LogP contribution in [-0.2, 0) is 32.4 Å². The minimum Gasteiger partial charge on any atom is -0.491 e. The molecule has 2 aromatic rings. The molecule has 2 unspecified atom stereocenters. The highest BCUT2D eigenvalue weighted by atomic mass is 32.2. The number of ether oxygens (including phenoxy) is 3. The molecule has 2 atom stereocenters. The van der Waals surface area contributed by atoms with Gasteiger partial charge in [0, 0.05) is 6.54 Å². The van der Waals surface area contributed by atoms with Gasteiger partial charge in [0.15, 0.2) is 18.2 Å². The third-order valence-electron chi connectivity index (χ3n) is 6.90. The number of aromatic nitrogens is 1. The van der Waals surface area contributed by atoms with Gasteiger partial charge < -0.3 is 24.8 Å². The maximum atomic E-state index is 12.5. The van der Waals surface area contributed by atoms with Crippen molar-refractivity contribution in [3.63, 3.8) is 0 Å². The lowest BCUT2D eigenvalue weighted by molar-refractivity contribution is -0.118. The fourth-order valence-electron chi connectivity index (χ4n) is 5.07. The second-order valence-corrected chi connectivity index (χ2v) is 11.8. The summed E-state index contributed by atoms with van der Waals surface area (Å²) in [6.45, 7) is 1.92. The molecule has 2 amide bonds. The summed E-state index contributed by atoms with van der Waals surface area (Å²) in [6.07, 6.45) is 2.49. The number of carbonyl (C=O) groups excluding carboxylic acids is 2. The molecule has 3 N–H and O–H groups in total. The van der Waals surface area contributed by atoms with Gasteiger partial charge in [-0.1, -0.05) is 6.07 Å². The summed E-state index contributed by atoms with van der Waals surface area (Å²) in [5.41, 5.74) is 2.59. The van der Waals surface area contributed by atoms with E-state index in [2.05, 4.69) is 26.4 Å². The fourth-order valence-corrected chi connectivity index (χ4v) is 5.53. The standard InChI is InChI=1S/C26H30N6O7S/c1-40(35,36)29-8-9-37-21-3-2-17-10-16(11-19(17)20(21)12-27)13-28-7-6-18-14-32(26(34)39-18)23-5-4-22-25(30-23)31-24(33)15-38-22/h2-5,16,18,28-29H,6-11,13-15H2,1H3,(H,30,31,33). The van der Waals surface area contributed by atoms with Gasteiger partial charge in [-0.2, -0.15) is 5.26 Å². The predicted octanol–water partition coefficient (Wildman–Crippen LogP) is 0.932. The highest BCUT2D eigenvalue weighted by Gasteiger charge is 2.34. The molecule has 1 aliphatic carbocycles. The van der Waals surface area contributed by atoms with Crippen LogP contribution in [0.5, 0.6) is 11.5 Å². The monoisotopic (exact) mass is 570 g/mol. The quantitative estimate of drug-likeness (QED) is 0.330. The number of rotatable bonds is 11. The summed E-state index contributed by atoms with van der Waals surface area (Å²) in [4.78, 5) is 29.8. The zero-order valence-electron chi connectivity index (χ0n) is 21.9. The van der Waals surface area contributed by atoms with Gasteiger partial charge in [-0.05, 0) is 67.6 Å². The van der Waals surface area contributed by atoms with Crippen LogP contribution in [0.15, 0.2) is 24.3 Å². The van der Waals surface area contributed by atoms with Gasteiger partial charge in [0.25, 0.3) is 5.91 Å². The number of cyclic esters (lactones) is 1. The summed E-state index contributed by atoms with van der Waals surface area (Å²) >= 11 is 0. The number of nitrogens with zero attached hydrogens (tertiary/aromatic N) is 3. The summed E-state index contributed by atoms with van der Waals surface area (Å²) in [5.74, 6) is 1.60. The van der Waals surface area contributed by atoms with Crippen molar-refractivity contribution in [1.29, 1.82) is 5.26 Å². The molecule has 1 aromatic heterocycles. The summed E-state index contributed by atoms with van der Waals surface area (Å²) in [5, 5.41) is 15.8. The fraction of sp³-hybridized carbons (Fsp3) is 0.462. The van der Waals surface area contributed by atoms with Gasteiger partial charge in [-0.15, -0.1) is 0 Å². The number of amides is 2. The maximum Gasteiger partial charge on any atom is 0.415 e. The number of anilines is 2. The van der Waals surface area contributed by atoms with Crippen LogP contribution in [0.2, 0.25) is 0 Å². The third-order valence-corrected chi connectivity index (χ3v) is 7.62. The Morgan fingerprint density at radius 1 is 1.23 bits per heavy atom. The van der Waals surface area contributed by atoms with E-state index in [1.807, 2.05) is 6.07 Å². The number of sulfonamides is 1. The van der Waals surface area contributed by atoms with E-state index < -0.39 is 16.1 Å². The Kier molecular flexibility index (Phi) is 8.06. The minimum absolute atomic E-state index is 0.0658. The molecule has 212 valence electrons. The Morgan fingerprint density at radius 3 is 2.88 bits per heavy atom. The lowest BCUT2D eigenvalue weighted by atomic mass is 10.0. The van der Waals surface area contributed by atoms with Crippen molar-refractivity contribution in [3.8, 4) is 17.6 Å². The molecule has 0 saturated carbocycles. The molecule has 1 aromatic carbocycles. The third kappa shape index (κ3) is 6.44. The van der Waals surface area contributed by atoms with Crippen molar-refractivity contribution in [1.82, 2.24) is 15.0 Å². The number of fused-ring (bicyclic) bond motifs is 2. The van der Waals surface area contributed by atoms with E-state index in [0.29, 0.717) is 48.3 Å². The van der Waals surface area contributed by atoms with Crippen LogP contribution in [0.4, 0.5) is 16.4 Å². The van der Waals surface area contributed by atoms with E-state index in [-0.39, 0.29) is 37.6 Å². The first-order valence-electron chi connectivity index (χ1n) is 12.9. The van der Waals surface area contributed by atoms with E-state index in [1.54, 1.807) is 18.2 Å². The Bertz CT molecular complexity index is 1460. The average molecular weight is 571 g/mol. The molecular weight excluding hydrogens is 540 g/mol. The number of pyridine rings is 1. The molecule has 2 aliphatic heterocycles. The molecule has 0 radical (unpaired) electrons. The number of hydrogen-bond donors (Lipinski definition) is 3. The zero-order chi connectivity index (χ0) is 28.3. The van der Waals surface area contributed by atoms with Gasteiger partial charge in [0.2, 0.25) is 10.0 Å². The second-order valence-electron chi connectivity index (χ2n) is 9.94. The predicted molar refractivity (Wildman–Crippen MR) is 144 cm³/mol. The van der Waals surface area contributed by atoms with Gasteiger partial charge in [0.1, 0.15) is 30.3 Å². The molecule has 1 fully saturated rings. The van der Waals surface area contributed by atoms with Crippen LogP contribution in [0.25, 0.3) is 0 Å². The van der Waals surface area contributed by atoms with Crippen molar-refractivity contribution in [3.05, 3.63) is 41.0 Å². The summed E-state index contributed by atoms with van der Waals surface area (Å²) < 4.78 is 41.3. The van der Waals surface area contributed by atoms with Crippen molar-refractivity contribution >= 4 is 33.7 Å². The van der Waals surface area contributed by atoms with Crippen molar-refractivity contribution in [2.75, 3.05) is 55.9 Å². The average Bonchev–Trinajstić information content (AvgIpc) is 3.50. The summed E-state index contributed by atoms with van der Waals surface area (Å²) in [7, 11) is -3.30. The first-order valence-corrected chi connectivity index (χ1v) is 14.8. The molecule has 0 bridgehead atoms. The molecule has 40 heavy (non-hydrogen) atoms. The lowest BCUT2D eigenvalue weighted by Gasteiger charge is -2.19. The largest absolute Gasteiger partial charge is 0.491 e. The lowest BCUT2D eigenvalue weighted by Crippen LogP contribution is -2.30. The Hall–Kier alpha value is -3.93. The van der Waals surface area contributed by atoms with E-state index in [4.69, 9.17) is 14.2 Å². The number of hydrogen-bond acceptors (Lipinski definition) is 10. The molecule has 0 spiro atoms. The summed E-state index contributed by atoms with van der Waals surface area (Å²) in [6, 6.07) is 9.32. The van der Waals surface area contributed by atoms with Crippen LogP contribution < -0.4 is 29.7 Å². The first-order chi connectivity index (χ1) is 19.2. The molecule has 13 nitrogen and oxygen atoms in total. The van der Waals surface area contributed by atoms with Crippen molar-refractivity contribution < 1.29 is 32.2 Å². The van der Waals surface area contributed by atoms with Crippen LogP contribution in [0.3, 0.4) is 0 Å². The van der Waals surface area contributed by atoms with E-state index in [9.17, 15) is 23.3 Å². The van der Waals surface area contributed by atoms with Crippen LogP contribution >= 0.6 is 0 Å². The van der Waals surface area contributed by atoms with Crippen molar-refractivity contribution in [2.45, 2.75) is 25.4 Å². The van der Waals surface area contributed by atoms with Gasteiger partial charge in [-0.25, -0.2) is 22.9 Å². The van der Waals surface area contributed by atoms with Gasteiger partial charge in [0.05, 0.1) is 18.4 Å². The Labute approximate surface area is 231 Å². The number of carbonyl (C=O) groups is 2. The normalized spacial score (nSPS) is 19.8. The van der Waals surface area contributed by atoms with Crippen molar-refractivity contribution in [2.24, 2.45) is 5.92 Å². The number of nitriles is 1. The van der Waals surface area contributed by atoms with Gasteiger partial charge >= 0.3 is 6.09 Å². The molecule has 1 saturated heterocycles. The molecule has 3 aliphatic rings. The molecule has 14 heteroatoms. The number of benzene rings is 1. The SMILES string of the molecule is CS(=O)(=O)NCCOc1ccc2c(c1C#N)CC(CNCCC1CN(c3ccc4c(n3)NC(=O)CO4)C(=O)O1)C2. The maximum absolute atomic E-state index is 12.5. The van der Waals surface area contributed by atoms with Gasteiger partial charge in [-0.3, -0.25) is 9.69 Å². The minimum atomic E-state index is -3.30. The topological polar surface area (TPSA) is 172 Å². The Balaban J connectivity index is 1.08. The van der Waals surface area contributed by atoms with E-state index >= 15 is 0 Å². The molecule has 3 heterocycles. The van der Waals surface area contributed by atoms with Crippen LogP contribution in [-0.4, -0.2) is 77.2 Å². The Morgan fingerprint density at radius 2 is 2.08 bits per heavy atom. The van der Waals surface area contributed by atoms with E-state index in [1.165, 1.54) is 4.90 Å². The highest BCUT2D eigenvalue weighted by Crippen LogP contribution is 2.34. The zero-order valence-corrected chi connectivity index (χ0v) is 22.8. The highest BCUT2D eigenvalue weighted by molar-refractivity contribution is 7.88. The van der Waals surface area contributed by atoms with E-state index in [0.717, 1.165) is 36.8 Å². The second kappa shape index (κ2) is 11.7. The van der Waals surface area contributed by atoms with Crippen LogP contribution in [0.1, 0.15) is 23.1 Å². The smallest absolute Gasteiger partial charge is 0.415 e. The first kappa shape index (κ1) is 27.6. The van der Waals surface area contributed by atoms with Crippen LogP contribution in [0, 0.1) is 17.2 Å². The number of nitrogens with one attached hydrogen (secondary N) is 3.